The molecule has 2 N–H and O–H groups in total. The van der Waals surface area contributed by atoms with E-state index in [0.717, 1.165) is 4.90 Å². The predicted molar refractivity (Wildman–Crippen MR) is 48.2 cm³/mol. The molecule has 1 rings (SSSR count). The molecule has 3 amide bonds. The van der Waals surface area contributed by atoms with Crippen molar-refractivity contribution in [1.82, 2.24) is 15.5 Å². The van der Waals surface area contributed by atoms with Crippen LogP contribution in [-0.2, 0) is 14.4 Å². The summed E-state index contributed by atoms with van der Waals surface area (Å²) in [6.07, 6.45) is 0. The Morgan fingerprint density at radius 2 is 2.33 bits per heavy atom. The second kappa shape index (κ2) is 4.95. The van der Waals surface area contributed by atoms with Crippen molar-refractivity contribution in [1.29, 1.82) is 5.26 Å². The van der Waals surface area contributed by atoms with Gasteiger partial charge in [0.15, 0.2) is 0 Å². The number of nitrogens with zero attached hydrogens (tertiary/aromatic N) is 2. The fourth-order valence-electron chi connectivity index (χ4n) is 1.15. The van der Waals surface area contributed by atoms with Gasteiger partial charge in [-0.1, -0.05) is 0 Å². The zero-order chi connectivity index (χ0) is 11.3. The maximum Gasteiger partial charge on any atom is 0.312 e. The first kappa shape index (κ1) is 11.0. The van der Waals surface area contributed by atoms with E-state index in [-0.39, 0.29) is 19.0 Å². The van der Waals surface area contributed by atoms with E-state index in [1.165, 1.54) is 0 Å². The van der Waals surface area contributed by atoms with Crippen LogP contribution in [0, 0.1) is 11.3 Å². The molecule has 15 heavy (non-hydrogen) atoms. The molecule has 0 radical (unpaired) electrons. The van der Waals surface area contributed by atoms with Crippen molar-refractivity contribution in [3.05, 3.63) is 0 Å². The van der Waals surface area contributed by atoms with Crippen molar-refractivity contribution in [2.75, 3.05) is 26.2 Å². The van der Waals surface area contributed by atoms with Crippen LogP contribution in [0.5, 0.6) is 0 Å². The summed E-state index contributed by atoms with van der Waals surface area (Å²) in [4.78, 5) is 34.6. The zero-order valence-electron chi connectivity index (χ0n) is 7.95. The average molecular weight is 210 g/mol. The molecular formula is C8H10N4O3. The summed E-state index contributed by atoms with van der Waals surface area (Å²) in [7, 11) is 0. The number of rotatable bonds is 1. The third-order valence-corrected chi connectivity index (χ3v) is 1.85. The summed E-state index contributed by atoms with van der Waals surface area (Å²) < 4.78 is 0. The number of hydrogen-bond acceptors (Lipinski definition) is 4. The van der Waals surface area contributed by atoms with Gasteiger partial charge in [0.1, 0.15) is 13.1 Å². The summed E-state index contributed by atoms with van der Waals surface area (Å²) in [6, 6.07) is 1.68. The molecule has 0 unspecified atom stereocenters. The number of amides is 3. The standard InChI is InChI=1S/C8H10N4O3/c9-1-2-11-7(14)8(15)12-4-3-10-6(13)5-12/h2-5H2,(H,10,13)(H,11,14). The molecule has 1 fully saturated rings. The van der Waals surface area contributed by atoms with Crippen molar-refractivity contribution >= 4 is 17.7 Å². The van der Waals surface area contributed by atoms with Gasteiger partial charge in [-0.05, 0) is 0 Å². The molecule has 1 aliphatic heterocycles. The fourth-order valence-corrected chi connectivity index (χ4v) is 1.15. The summed E-state index contributed by atoms with van der Waals surface area (Å²) in [5, 5.41) is 12.8. The van der Waals surface area contributed by atoms with E-state index in [4.69, 9.17) is 5.26 Å². The van der Waals surface area contributed by atoms with Crippen LogP contribution in [0.2, 0.25) is 0 Å². The Morgan fingerprint density at radius 1 is 1.60 bits per heavy atom. The lowest BCUT2D eigenvalue weighted by Gasteiger charge is -2.25. The van der Waals surface area contributed by atoms with Gasteiger partial charge in [-0.2, -0.15) is 5.26 Å². The van der Waals surface area contributed by atoms with Gasteiger partial charge in [0, 0.05) is 13.1 Å². The van der Waals surface area contributed by atoms with E-state index in [2.05, 4.69) is 10.6 Å². The van der Waals surface area contributed by atoms with E-state index < -0.39 is 11.8 Å². The van der Waals surface area contributed by atoms with Crippen molar-refractivity contribution < 1.29 is 14.4 Å². The highest BCUT2D eigenvalue weighted by Crippen LogP contribution is 1.94. The van der Waals surface area contributed by atoms with Crippen LogP contribution in [0.25, 0.3) is 0 Å². The van der Waals surface area contributed by atoms with E-state index in [0.29, 0.717) is 13.1 Å². The first-order valence-electron chi connectivity index (χ1n) is 4.36. The largest absolute Gasteiger partial charge is 0.353 e. The second-order valence-electron chi connectivity index (χ2n) is 2.92. The molecular weight excluding hydrogens is 200 g/mol. The summed E-state index contributed by atoms with van der Waals surface area (Å²) in [6.45, 7) is 0.323. The van der Waals surface area contributed by atoms with Crippen molar-refractivity contribution in [2.24, 2.45) is 0 Å². The quantitative estimate of drug-likeness (QED) is 0.371. The van der Waals surface area contributed by atoms with E-state index in [9.17, 15) is 14.4 Å². The number of nitrogens with one attached hydrogen (secondary N) is 2. The molecule has 0 aromatic rings. The highest BCUT2D eigenvalue weighted by Gasteiger charge is 2.25. The molecule has 0 aromatic carbocycles. The van der Waals surface area contributed by atoms with Crippen molar-refractivity contribution in [3.63, 3.8) is 0 Å². The van der Waals surface area contributed by atoms with Crippen LogP contribution in [0.4, 0.5) is 0 Å². The molecule has 0 bridgehead atoms. The van der Waals surface area contributed by atoms with Crippen LogP contribution in [0.3, 0.4) is 0 Å². The molecule has 0 saturated carbocycles. The fraction of sp³-hybridized carbons (Fsp3) is 0.500. The number of hydrogen-bond donors (Lipinski definition) is 2. The number of carbonyl (C=O) groups is 3. The van der Waals surface area contributed by atoms with Crippen LogP contribution in [0.1, 0.15) is 0 Å². The third-order valence-electron chi connectivity index (χ3n) is 1.85. The highest BCUT2D eigenvalue weighted by molar-refractivity contribution is 6.35. The van der Waals surface area contributed by atoms with Gasteiger partial charge in [-0.25, -0.2) is 0 Å². The molecule has 0 atom stereocenters. The van der Waals surface area contributed by atoms with Gasteiger partial charge in [-0.3, -0.25) is 14.4 Å². The Hall–Kier alpha value is -2.10. The van der Waals surface area contributed by atoms with Crippen LogP contribution in [0.15, 0.2) is 0 Å². The number of carbonyl (C=O) groups excluding carboxylic acids is 3. The Morgan fingerprint density at radius 3 is 2.93 bits per heavy atom. The maximum atomic E-state index is 11.4. The first-order chi connectivity index (χ1) is 7.15. The Labute approximate surface area is 86.0 Å². The van der Waals surface area contributed by atoms with Gasteiger partial charge in [0.2, 0.25) is 5.91 Å². The lowest BCUT2D eigenvalue weighted by Crippen LogP contribution is -2.53. The Kier molecular flexibility index (Phi) is 3.62. The first-order valence-corrected chi connectivity index (χ1v) is 4.36. The van der Waals surface area contributed by atoms with E-state index >= 15 is 0 Å². The molecule has 0 aliphatic carbocycles. The summed E-state index contributed by atoms with van der Waals surface area (Å²) >= 11 is 0. The third kappa shape index (κ3) is 2.95. The predicted octanol–water partition coefficient (Wildman–Crippen LogP) is -2.42. The second-order valence-corrected chi connectivity index (χ2v) is 2.92. The van der Waals surface area contributed by atoms with Crippen LogP contribution in [-0.4, -0.2) is 48.8 Å². The minimum Gasteiger partial charge on any atom is -0.353 e. The van der Waals surface area contributed by atoms with Gasteiger partial charge >= 0.3 is 11.8 Å². The normalized spacial score (nSPS) is 15.1. The lowest BCUT2D eigenvalue weighted by molar-refractivity contribution is -0.148. The zero-order valence-corrected chi connectivity index (χ0v) is 7.95. The SMILES string of the molecule is N#CCNC(=O)C(=O)N1CCNC(=O)C1. The average Bonchev–Trinajstić information content (AvgIpc) is 2.24. The van der Waals surface area contributed by atoms with Crippen LogP contribution < -0.4 is 10.6 Å². The molecule has 1 aliphatic rings. The maximum absolute atomic E-state index is 11.4. The topological polar surface area (TPSA) is 102 Å². The molecule has 7 heteroatoms. The molecule has 80 valence electrons. The summed E-state index contributed by atoms with van der Waals surface area (Å²) in [5.41, 5.74) is 0. The van der Waals surface area contributed by atoms with Gasteiger partial charge in [0.05, 0.1) is 6.07 Å². The Bertz CT molecular complexity index is 333. The number of nitriles is 1. The van der Waals surface area contributed by atoms with Crippen molar-refractivity contribution in [2.45, 2.75) is 0 Å². The minimum absolute atomic E-state index is 0.112. The number of piperazine rings is 1. The minimum atomic E-state index is -0.855. The lowest BCUT2D eigenvalue weighted by atomic mass is 10.3. The molecule has 0 spiro atoms. The smallest absolute Gasteiger partial charge is 0.312 e. The van der Waals surface area contributed by atoms with E-state index in [1.807, 2.05) is 0 Å². The molecule has 1 heterocycles. The molecule has 1 saturated heterocycles. The van der Waals surface area contributed by atoms with Crippen molar-refractivity contribution in [3.8, 4) is 6.07 Å². The van der Waals surface area contributed by atoms with Gasteiger partial charge in [-0.15, -0.1) is 0 Å². The van der Waals surface area contributed by atoms with Gasteiger partial charge in [0.25, 0.3) is 0 Å². The summed E-state index contributed by atoms with van der Waals surface area (Å²) in [5.74, 6) is -1.92. The van der Waals surface area contributed by atoms with Crippen LogP contribution >= 0.6 is 0 Å². The highest BCUT2D eigenvalue weighted by atomic mass is 16.2. The molecule has 0 aromatic heterocycles. The van der Waals surface area contributed by atoms with Gasteiger partial charge < -0.3 is 15.5 Å². The molecule has 7 nitrogen and oxygen atoms in total. The monoisotopic (exact) mass is 210 g/mol. The van der Waals surface area contributed by atoms with E-state index in [1.54, 1.807) is 6.07 Å². The Balaban J connectivity index is 2.49.